The summed E-state index contributed by atoms with van der Waals surface area (Å²) < 4.78 is 43.7. The first-order valence-corrected chi connectivity index (χ1v) is 8.74. The number of alkyl halides is 3. The maximum absolute atomic E-state index is 12.7. The molecule has 2 aromatic rings. The highest BCUT2D eigenvalue weighted by atomic mass is 19.4. The lowest BCUT2D eigenvalue weighted by molar-refractivity contribution is -0.144. The van der Waals surface area contributed by atoms with Crippen LogP contribution in [0.1, 0.15) is 40.9 Å². The first-order chi connectivity index (χ1) is 13.2. The number of benzene rings is 1. The van der Waals surface area contributed by atoms with E-state index in [1.165, 1.54) is 0 Å². The fraction of sp³-hybridized carbons (Fsp3) is 0.350. The van der Waals surface area contributed by atoms with E-state index in [0.717, 1.165) is 23.6 Å². The zero-order chi connectivity index (χ0) is 20.9. The smallest absolute Gasteiger partial charge is 0.417 e. The lowest BCUT2D eigenvalue weighted by Crippen LogP contribution is -2.27. The number of ether oxygens (including phenoxy) is 1. The predicted molar refractivity (Wildman–Crippen MR) is 96.2 cm³/mol. The molecule has 28 heavy (non-hydrogen) atoms. The van der Waals surface area contributed by atoms with Crippen LogP contribution < -0.4 is 5.56 Å². The second-order valence-electron chi connectivity index (χ2n) is 6.16. The molecule has 8 heteroatoms. The molecule has 0 aliphatic rings. The van der Waals surface area contributed by atoms with Gasteiger partial charge in [-0.2, -0.15) is 13.2 Å². The van der Waals surface area contributed by atoms with Gasteiger partial charge < -0.3 is 9.30 Å². The number of hydrogen-bond acceptors (Lipinski definition) is 4. The number of aryl methyl sites for hydroxylation is 2. The highest BCUT2D eigenvalue weighted by molar-refractivity contribution is 5.99. The first kappa shape index (κ1) is 21.4. The molecule has 150 valence electrons. The maximum atomic E-state index is 12.7. The fourth-order valence-corrected chi connectivity index (χ4v) is 2.64. The summed E-state index contributed by atoms with van der Waals surface area (Å²) in [4.78, 5) is 36.0. The van der Waals surface area contributed by atoms with Crippen molar-refractivity contribution < 1.29 is 27.5 Å². The Kier molecular flexibility index (Phi) is 6.77. The molecule has 0 saturated heterocycles. The van der Waals surface area contributed by atoms with Gasteiger partial charge in [0.2, 0.25) is 5.78 Å². The van der Waals surface area contributed by atoms with Gasteiger partial charge in [-0.15, -0.1) is 0 Å². The Labute approximate surface area is 159 Å². The monoisotopic (exact) mass is 395 g/mol. The third-order valence-electron chi connectivity index (χ3n) is 4.24. The molecule has 1 aromatic carbocycles. The number of rotatable bonds is 7. The van der Waals surface area contributed by atoms with Gasteiger partial charge in [0.25, 0.3) is 5.56 Å². The third-order valence-corrected chi connectivity index (χ3v) is 4.24. The number of ketones is 1. The summed E-state index contributed by atoms with van der Waals surface area (Å²) in [5, 5.41) is 0. The molecule has 0 atom stereocenters. The van der Waals surface area contributed by atoms with E-state index in [9.17, 15) is 27.6 Å². The van der Waals surface area contributed by atoms with E-state index >= 15 is 0 Å². The number of carbonyl (C=O) groups is 2. The Morgan fingerprint density at radius 3 is 2.39 bits per heavy atom. The van der Waals surface area contributed by atoms with Crippen LogP contribution in [0.25, 0.3) is 0 Å². The minimum absolute atomic E-state index is 0.406. The normalized spacial score (nSPS) is 11.3. The number of pyridine rings is 1. The number of nitrogens with zero attached hydrogens (tertiary/aromatic N) is 1. The topological polar surface area (TPSA) is 65.4 Å². The van der Waals surface area contributed by atoms with Crippen molar-refractivity contribution in [3.05, 3.63) is 69.1 Å². The van der Waals surface area contributed by atoms with Crippen molar-refractivity contribution in [1.82, 2.24) is 4.57 Å². The number of Topliss-reactive ketones (excluding diaryl/α,β-unsaturated/α-hetero) is 1. The standard InChI is InChI=1S/C20H20F3NO4/c1-3-13-5-6-14(4-2)16(9-13)17(25)12-28-19(27)11-24-10-15(20(21,22)23)7-8-18(24)26/h5-10H,3-4,11-12H2,1-2H3. The van der Waals surface area contributed by atoms with Gasteiger partial charge in [-0.25, -0.2) is 0 Å². The van der Waals surface area contributed by atoms with Crippen LogP contribution >= 0.6 is 0 Å². The summed E-state index contributed by atoms with van der Waals surface area (Å²) in [5.74, 6) is -1.38. The third kappa shape index (κ3) is 5.31. The van der Waals surface area contributed by atoms with E-state index < -0.39 is 42.2 Å². The SMILES string of the molecule is CCc1ccc(CC)c(C(=O)COC(=O)Cn2cc(C(F)(F)F)ccc2=O)c1. The molecule has 1 heterocycles. The van der Waals surface area contributed by atoms with Crippen molar-refractivity contribution in [3.8, 4) is 0 Å². The number of carbonyl (C=O) groups excluding carboxylic acids is 2. The van der Waals surface area contributed by atoms with Crippen LogP contribution in [0.15, 0.2) is 41.3 Å². The van der Waals surface area contributed by atoms with Crippen LogP contribution in [0.2, 0.25) is 0 Å². The van der Waals surface area contributed by atoms with Gasteiger partial charge >= 0.3 is 12.1 Å². The summed E-state index contributed by atoms with van der Waals surface area (Å²) in [6.45, 7) is 2.57. The number of halogens is 3. The molecule has 0 aliphatic heterocycles. The van der Waals surface area contributed by atoms with E-state index in [1.54, 1.807) is 6.07 Å². The van der Waals surface area contributed by atoms with Crippen LogP contribution in [0.5, 0.6) is 0 Å². The van der Waals surface area contributed by atoms with Gasteiger partial charge in [0.05, 0.1) is 5.56 Å². The number of esters is 1. The Morgan fingerprint density at radius 1 is 1.07 bits per heavy atom. The van der Waals surface area contributed by atoms with Crippen molar-refractivity contribution >= 4 is 11.8 Å². The summed E-state index contributed by atoms with van der Waals surface area (Å²) in [7, 11) is 0. The van der Waals surface area contributed by atoms with Gasteiger partial charge in [-0.3, -0.25) is 14.4 Å². The molecule has 0 bridgehead atoms. The molecule has 1 aromatic heterocycles. The zero-order valence-corrected chi connectivity index (χ0v) is 15.5. The molecular formula is C20H20F3NO4. The second-order valence-corrected chi connectivity index (χ2v) is 6.16. The van der Waals surface area contributed by atoms with Crippen molar-refractivity contribution in [2.24, 2.45) is 0 Å². The molecule has 0 unspecified atom stereocenters. The molecule has 2 rings (SSSR count). The Morgan fingerprint density at radius 2 is 1.79 bits per heavy atom. The summed E-state index contributed by atoms with van der Waals surface area (Å²) in [6, 6.07) is 6.87. The lowest BCUT2D eigenvalue weighted by Gasteiger charge is -2.11. The van der Waals surface area contributed by atoms with Crippen molar-refractivity contribution in [2.45, 2.75) is 39.4 Å². The van der Waals surface area contributed by atoms with Crippen LogP contribution in [-0.4, -0.2) is 22.9 Å². The molecule has 0 saturated carbocycles. The van der Waals surface area contributed by atoms with E-state index in [0.29, 0.717) is 28.8 Å². The van der Waals surface area contributed by atoms with Gasteiger partial charge in [0.1, 0.15) is 6.54 Å². The minimum atomic E-state index is -4.64. The number of hydrogen-bond donors (Lipinski definition) is 0. The quantitative estimate of drug-likeness (QED) is 0.532. The number of aromatic nitrogens is 1. The van der Waals surface area contributed by atoms with Gasteiger partial charge in [-0.1, -0.05) is 26.0 Å². The molecule has 0 aliphatic carbocycles. The first-order valence-electron chi connectivity index (χ1n) is 8.74. The fourth-order valence-electron chi connectivity index (χ4n) is 2.64. The average molecular weight is 395 g/mol. The van der Waals surface area contributed by atoms with Crippen molar-refractivity contribution in [2.75, 3.05) is 6.61 Å². The zero-order valence-electron chi connectivity index (χ0n) is 15.5. The van der Waals surface area contributed by atoms with Crippen LogP contribution in [0.4, 0.5) is 13.2 Å². The van der Waals surface area contributed by atoms with E-state index in [-0.39, 0.29) is 0 Å². The summed E-state index contributed by atoms with van der Waals surface area (Å²) in [6.07, 6.45) is -2.73. The molecule has 0 fully saturated rings. The Balaban J connectivity index is 2.07. The van der Waals surface area contributed by atoms with Crippen LogP contribution in [0, 0.1) is 0 Å². The molecule has 0 spiro atoms. The van der Waals surface area contributed by atoms with E-state index in [1.807, 2.05) is 26.0 Å². The van der Waals surface area contributed by atoms with Crippen LogP contribution in [-0.2, 0) is 35.1 Å². The molecule has 0 radical (unpaired) electrons. The van der Waals surface area contributed by atoms with Gasteiger partial charge in [-0.05, 0) is 36.1 Å². The highest BCUT2D eigenvalue weighted by Gasteiger charge is 2.31. The lowest BCUT2D eigenvalue weighted by atomic mass is 9.98. The molecule has 0 N–H and O–H groups in total. The van der Waals surface area contributed by atoms with E-state index in [4.69, 9.17) is 4.74 Å². The Bertz CT molecular complexity index is 932. The molecule has 5 nitrogen and oxygen atoms in total. The highest BCUT2D eigenvalue weighted by Crippen LogP contribution is 2.28. The summed E-state index contributed by atoms with van der Waals surface area (Å²) in [5.41, 5.74) is 0.390. The maximum Gasteiger partial charge on any atom is 0.417 e. The Hall–Kier alpha value is -2.90. The summed E-state index contributed by atoms with van der Waals surface area (Å²) >= 11 is 0. The second kappa shape index (κ2) is 8.86. The molecular weight excluding hydrogens is 375 g/mol. The van der Waals surface area contributed by atoms with Crippen molar-refractivity contribution in [3.63, 3.8) is 0 Å². The van der Waals surface area contributed by atoms with Gasteiger partial charge in [0, 0.05) is 17.8 Å². The van der Waals surface area contributed by atoms with E-state index in [2.05, 4.69) is 0 Å². The minimum Gasteiger partial charge on any atom is -0.456 e. The largest absolute Gasteiger partial charge is 0.456 e. The average Bonchev–Trinajstić information content (AvgIpc) is 2.66. The van der Waals surface area contributed by atoms with Gasteiger partial charge in [0.15, 0.2) is 6.61 Å². The predicted octanol–water partition coefficient (Wildman–Crippen LogP) is 3.42. The van der Waals surface area contributed by atoms with Crippen LogP contribution in [0.3, 0.4) is 0 Å². The molecule has 0 amide bonds. The van der Waals surface area contributed by atoms with Crippen molar-refractivity contribution in [1.29, 1.82) is 0 Å².